The maximum Gasteiger partial charge on any atom is 0.410 e. The van der Waals surface area contributed by atoms with Crippen LogP contribution in [0.4, 0.5) is 4.79 Å². The van der Waals surface area contributed by atoms with Gasteiger partial charge in [0.1, 0.15) is 5.60 Å². The predicted molar refractivity (Wildman–Crippen MR) is 88.0 cm³/mol. The van der Waals surface area contributed by atoms with Crippen molar-refractivity contribution in [1.29, 1.82) is 0 Å². The van der Waals surface area contributed by atoms with E-state index in [4.69, 9.17) is 4.74 Å². The van der Waals surface area contributed by atoms with Crippen molar-refractivity contribution >= 4 is 6.09 Å². The molecule has 0 aliphatic carbocycles. The number of hydrogen-bond donors (Lipinski definition) is 0. The number of ether oxygens (including phenoxy) is 1. The van der Waals surface area contributed by atoms with Crippen molar-refractivity contribution in [2.75, 3.05) is 0 Å². The molecule has 0 fully saturated rings. The number of carbonyl (C=O) groups is 1. The number of hydrogen-bond acceptors (Lipinski definition) is 6. The Kier molecular flexibility index (Phi) is 4.17. The summed E-state index contributed by atoms with van der Waals surface area (Å²) in [5.74, 6) is 1.01. The van der Waals surface area contributed by atoms with Crippen LogP contribution in [-0.2, 0) is 17.7 Å². The first kappa shape index (κ1) is 16.3. The minimum absolute atomic E-state index is 0.00629. The van der Waals surface area contributed by atoms with Crippen molar-refractivity contribution in [1.82, 2.24) is 24.8 Å². The summed E-state index contributed by atoms with van der Waals surface area (Å²) >= 11 is 0. The average molecular weight is 327 g/mol. The Morgan fingerprint density at radius 2 is 1.92 bits per heavy atom. The van der Waals surface area contributed by atoms with E-state index in [2.05, 4.69) is 19.9 Å². The van der Waals surface area contributed by atoms with Gasteiger partial charge >= 0.3 is 6.09 Å². The van der Waals surface area contributed by atoms with Crippen molar-refractivity contribution in [3.05, 3.63) is 35.9 Å². The van der Waals surface area contributed by atoms with E-state index < -0.39 is 5.60 Å². The second-order valence-electron chi connectivity index (χ2n) is 6.90. The largest absolute Gasteiger partial charge is 0.444 e. The van der Waals surface area contributed by atoms with Gasteiger partial charge in [-0.15, -0.1) is 0 Å². The Morgan fingerprint density at radius 3 is 2.58 bits per heavy atom. The highest BCUT2D eigenvalue weighted by atomic mass is 16.6. The van der Waals surface area contributed by atoms with Crippen LogP contribution in [0.1, 0.15) is 39.0 Å². The predicted octanol–water partition coefficient (Wildman–Crippen LogP) is 2.62. The Labute approximate surface area is 141 Å². The summed E-state index contributed by atoms with van der Waals surface area (Å²) in [6.07, 6.45) is 5.42. The molecule has 1 aliphatic heterocycles. The smallest absolute Gasteiger partial charge is 0.410 e. The van der Waals surface area contributed by atoms with Crippen LogP contribution < -0.4 is 0 Å². The molecule has 7 nitrogen and oxygen atoms in total. The Hall–Kier alpha value is -2.57. The van der Waals surface area contributed by atoms with Gasteiger partial charge in [0.05, 0.1) is 12.2 Å². The minimum atomic E-state index is -0.512. The van der Waals surface area contributed by atoms with Crippen LogP contribution >= 0.6 is 0 Å². The summed E-state index contributed by atoms with van der Waals surface area (Å²) in [4.78, 5) is 31.4. The van der Waals surface area contributed by atoms with Crippen molar-refractivity contribution in [3.63, 3.8) is 0 Å². The molecule has 0 saturated heterocycles. The standard InChI is InChI=1S/C17H21N5O2/c1-11-8-13-12(10-22(11)16(23)24-17(2,3)4)9-20-15(21-13)14-18-6-5-7-19-14/h5-7,9,11H,8,10H2,1-4H3. The monoisotopic (exact) mass is 327 g/mol. The highest BCUT2D eigenvalue weighted by Crippen LogP contribution is 2.24. The maximum absolute atomic E-state index is 12.4. The van der Waals surface area contributed by atoms with Crippen LogP contribution in [0.5, 0.6) is 0 Å². The van der Waals surface area contributed by atoms with E-state index in [1.54, 1.807) is 29.6 Å². The van der Waals surface area contributed by atoms with Gasteiger partial charge in [0.2, 0.25) is 0 Å². The highest BCUT2D eigenvalue weighted by Gasteiger charge is 2.31. The molecule has 1 aliphatic rings. The molecule has 126 valence electrons. The quantitative estimate of drug-likeness (QED) is 0.801. The Bertz CT molecular complexity index is 742. The van der Waals surface area contributed by atoms with Gasteiger partial charge in [-0.25, -0.2) is 24.7 Å². The Balaban J connectivity index is 1.83. The lowest BCUT2D eigenvalue weighted by atomic mass is 10.0. The molecule has 1 unspecified atom stereocenters. The maximum atomic E-state index is 12.4. The van der Waals surface area contributed by atoms with Crippen LogP contribution in [0, 0.1) is 0 Å². The lowest BCUT2D eigenvalue weighted by Crippen LogP contribution is -2.45. The molecule has 3 heterocycles. The first-order valence-electron chi connectivity index (χ1n) is 7.95. The molecule has 1 amide bonds. The van der Waals surface area contributed by atoms with Crippen LogP contribution in [0.3, 0.4) is 0 Å². The number of amides is 1. The molecule has 0 spiro atoms. The molecule has 0 N–H and O–H groups in total. The van der Waals surface area contributed by atoms with Crippen LogP contribution in [0.2, 0.25) is 0 Å². The van der Waals surface area contributed by atoms with Gasteiger partial charge in [-0.05, 0) is 33.8 Å². The van der Waals surface area contributed by atoms with Gasteiger partial charge in [-0.1, -0.05) is 0 Å². The van der Waals surface area contributed by atoms with Crippen molar-refractivity contribution < 1.29 is 9.53 Å². The summed E-state index contributed by atoms with van der Waals surface area (Å²) in [6.45, 7) is 8.03. The second-order valence-corrected chi connectivity index (χ2v) is 6.90. The van der Waals surface area contributed by atoms with E-state index >= 15 is 0 Å². The van der Waals surface area contributed by atoms with E-state index in [0.29, 0.717) is 24.6 Å². The topological polar surface area (TPSA) is 81.1 Å². The molecule has 24 heavy (non-hydrogen) atoms. The molecule has 1 atom stereocenters. The van der Waals surface area contributed by atoms with E-state index in [-0.39, 0.29) is 12.1 Å². The number of aromatic nitrogens is 4. The summed E-state index contributed by atoms with van der Waals surface area (Å²) in [7, 11) is 0. The van der Waals surface area contributed by atoms with Crippen molar-refractivity contribution in [2.45, 2.75) is 52.3 Å². The van der Waals surface area contributed by atoms with Crippen LogP contribution in [0.15, 0.2) is 24.7 Å². The molecular weight excluding hydrogens is 306 g/mol. The summed E-state index contributed by atoms with van der Waals surface area (Å²) in [6, 6.07) is 1.76. The van der Waals surface area contributed by atoms with E-state index in [0.717, 1.165) is 11.3 Å². The normalized spacial score (nSPS) is 17.3. The molecule has 7 heteroatoms. The zero-order valence-electron chi connectivity index (χ0n) is 14.4. The average Bonchev–Trinajstić information content (AvgIpc) is 2.53. The fraction of sp³-hybridized carbons (Fsp3) is 0.471. The molecule has 2 aromatic rings. The number of fused-ring (bicyclic) bond motifs is 1. The van der Waals surface area contributed by atoms with Gasteiger partial charge in [-0.3, -0.25) is 0 Å². The van der Waals surface area contributed by atoms with E-state index in [1.165, 1.54) is 0 Å². The zero-order chi connectivity index (χ0) is 17.3. The lowest BCUT2D eigenvalue weighted by Gasteiger charge is -2.35. The van der Waals surface area contributed by atoms with Crippen LogP contribution in [0.25, 0.3) is 11.6 Å². The van der Waals surface area contributed by atoms with Crippen LogP contribution in [-0.4, -0.2) is 42.6 Å². The van der Waals surface area contributed by atoms with Gasteiger partial charge in [0, 0.05) is 36.6 Å². The third-order valence-corrected chi connectivity index (χ3v) is 3.71. The first-order chi connectivity index (χ1) is 11.3. The fourth-order valence-corrected chi connectivity index (χ4v) is 2.57. The number of nitrogens with zero attached hydrogens (tertiary/aromatic N) is 5. The summed E-state index contributed by atoms with van der Waals surface area (Å²) < 4.78 is 5.48. The summed E-state index contributed by atoms with van der Waals surface area (Å²) in [5.41, 5.74) is 1.35. The molecule has 2 aromatic heterocycles. The van der Waals surface area contributed by atoms with Gasteiger partial charge < -0.3 is 9.64 Å². The fourth-order valence-electron chi connectivity index (χ4n) is 2.57. The third-order valence-electron chi connectivity index (χ3n) is 3.71. The SMILES string of the molecule is CC1Cc2nc(-c3ncccn3)ncc2CN1C(=O)OC(C)(C)C. The van der Waals surface area contributed by atoms with Gasteiger partial charge in [0.15, 0.2) is 11.6 Å². The number of rotatable bonds is 1. The first-order valence-corrected chi connectivity index (χ1v) is 7.95. The molecule has 0 aromatic carbocycles. The van der Waals surface area contributed by atoms with Crippen molar-refractivity contribution in [2.24, 2.45) is 0 Å². The Morgan fingerprint density at radius 1 is 1.21 bits per heavy atom. The second kappa shape index (κ2) is 6.14. The molecule has 0 bridgehead atoms. The molecule has 3 rings (SSSR count). The molecule has 0 saturated carbocycles. The van der Waals surface area contributed by atoms with Crippen molar-refractivity contribution in [3.8, 4) is 11.6 Å². The number of carbonyl (C=O) groups excluding carboxylic acids is 1. The van der Waals surface area contributed by atoms with E-state index in [1.807, 2.05) is 27.7 Å². The third kappa shape index (κ3) is 3.50. The molecule has 0 radical (unpaired) electrons. The minimum Gasteiger partial charge on any atom is -0.444 e. The van der Waals surface area contributed by atoms with E-state index in [9.17, 15) is 4.79 Å². The highest BCUT2D eigenvalue weighted by molar-refractivity contribution is 5.69. The zero-order valence-corrected chi connectivity index (χ0v) is 14.4. The van der Waals surface area contributed by atoms with Gasteiger partial charge in [-0.2, -0.15) is 0 Å². The lowest BCUT2D eigenvalue weighted by molar-refractivity contribution is 0.0136. The molecular formula is C17H21N5O2. The van der Waals surface area contributed by atoms with Gasteiger partial charge in [0.25, 0.3) is 0 Å². The summed E-state index contributed by atoms with van der Waals surface area (Å²) in [5, 5.41) is 0.